The molecule has 1 aromatic carbocycles. The topological polar surface area (TPSA) is 66.5 Å². The lowest BCUT2D eigenvalue weighted by atomic mass is 9.85. The summed E-state index contributed by atoms with van der Waals surface area (Å²) in [6.07, 6.45) is 5.00. The summed E-state index contributed by atoms with van der Waals surface area (Å²) in [7, 11) is 0. The molecule has 3 aliphatic rings. The fourth-order valence-electron chi connectivity index (χ4n) is 4.69. The number of para-hydroxylation sites is 1. The summed E-state index contributed by atoms with van der Waals surface area (Å²) in [5.74, 6) is -0.946. The van der Waals surface area contributed by atoms with Gasteiger partial charge in [-0.1, -0.05) is 36.4 Å². The molecule has 0 radical (unpaired) electrons. The van der Waals surface area contributed by atoms with Gasteiger partial charge in [-0.25, -0.2) is 0 Å². The first-order chi connectivity index (χ1) is 13.1. The van der Waals surface area contributed by atoms with Crippen LogP contribution in [0.25, 0.3) is 10.4 Å². The van der Waals surface area contributed by atoms with Crippen molar-refractivity contribution in [3.05, 3.63) is 53.9 Å². The first-order valence-electron chi connectivity index (χ1n) is 9.10. The number of likely N-dealkylation sites (tertiary alicyclic amines) is 1. The number of rotatable bonds is 4. The van der Waals surface area contributed by atoms with Gasteiger partial charge < -0.3 is 5.32 Å². The quantitative estimate of drug-likeness (QED) is 0.656. The number of nitrogens with zero attached hydrogens (tertiary/aromatic N) is 1. The van der Waals surface area contributed by atoms with Crippen LogP contribution in [-0.2, 0) is 14.4 Å². The van der Waals surface area contributed by atoms with Crippen molar-refractivity contribution in [1.82, 2.24) is 4.90 Å². The number of hydrogen-bond acceptors (Lipinski definition) is 4. The lowest BCUT2D eigenvalue weighted by molar-refractivity contribution is -0.143. The van der Waals surface area contributed by atoms with Crippen molar-refractivity contribution in [2.75, 3.05) is 11.9 Å². The van der Waals surface area contributed by atoms with Crippen LogP contribution in [0.15, 0.2) is 53.9 Å². The highest BCUT2D eigenvalue weighted by atomic mass is 32.1. The smallest absolute Gasteiger partial charge is 0.244 e. The highest BCUT2D eigenvalue weighted by Crippen LogP contribution is 2.52. The molecule has 4 atom stereocenters. The molecule has 5 rings (SSSR count). The molecule has 6 heteroatoms. The molecule has 2 bridgehead atoms. The maximum Gasteiger partial charge on any atom is 0.244 e. The van der Waals surface area contributed by atoms with Gasteiger partial charge >= 0.3 is 0 Å². The van der Waals surface area contributed by atoms with Gasteiger partial charge in [-0.3, -0.25) is 19.3 Å². The minimum atomic E-state index is -0.346. The predicted molar refractivity (Wildman–Crippen MR) is 103 cm³/mol. The molecular weight excluding hydrogens is 360 g/mol. The number of nitrogens with one attached hydrogen (secondary N) is 1. The number of thiophene rings is 1. The Morgan fingerprint density at radius 1 is 1.04 bits per heavy atom. The van der Waals surface area contributed by atoms with Crippen molar-refractivity contribution in [1.29, 1.82) is 0 Å². The molecule has 27 heavy (non-hydrogen) atoms. The summed E-state index contributed by atoms with van der Waals surface area (Å²) in [4.78, 5) is 40.3. The van der Waals surface area contributed by atoms with E-state index >= 15 is 0 Å². The van der Waals surface area contributed by atoms with E-state index in [2.05, 4.69) is 17.5 Å². The van der Waals surface area contributed by atoms with E-state index in [0.717, 1.165) is 21.8 Å². The lowest BCUT2D eigenvalue weighted by Gasteiger charge is -2.17. The highest BCUT2D eigenvalue weighted by molar-refractivity contribution is 7.13. The van der Waals surface area contributed by atoms with Crippen LogP contribution in [0.1, 0.15) is 6.42 Å². The Balaban J connectivity index is 1.33. The normalized spacial score (nSPS) is 28.1. The van der Waals surface area contributed by atoms with Crippen LogP contribution in [0.4, 0.5) is 5.69 Å². The maximum atomic E-state index is 12.7. The minimum absolute atomic E-state index is 0.157. The summed E-state index contributed by atoms with van der Waals surface area (Å²) < 4.78 is 0. The van der Waals surface area contributed by atoms with Gasteiger partial charge in [0.05, 0.1) is 11.8 Å². The zero-order valence-corrected chi connectivity index (χ0v) is 15.3. The zero-order valence-electron chi connectivity index (χ0n) is 14.5. The largest absolute Gasteiger partial charge is 0.324 e. The van der Waals surface area contributed by atoms with E-state index in [-0.39, 0.29) is 47.9 Å². The molecule has 5 nitrogen and oxygen atoms in total. The van der Waals surface area contributed by atoms with Gasteiger partial charge in [-0.2, -0.15) is 0 Å². The van der Waals surface area contributed by atoms with E-state index in [1.807, 2.05) is 41.8 Å². The van der Waals surface area contributed by atoms with E-state index in [1.165, 1.54) is 0 Å². The molecule has 2 aliphatic carbocycles. The van der Waals surface area contributed by atoms with Crippen molar-refractivity contribution in [2.45, 2.75) is 6.42 Å². The second kappa shape index (κ2) is 6.16. The number of amides is 3. The SMILES string of the molecule is O=C(CN1C(=O)C2C3C=CC(C3)C2C1=O)Nc1ccccc1-c1cccs1. The standard InChI is InChI=1S/C21H18N2O3S/c24-17(22-15-5-2-1-4-14(15)16-6-3-9-27-16)11-23-20(25)18-12-7-8-13(10-12)19(18)21(23)26/h1-9,12-13,18-19H,10-11H2,(H,22,24). The summed E-state index contributed by atoms with van der Waals surface area (Å²) in [6, 6.07) is 11.5. The minimum Gasteiger partial charge on any atom is -0.324 e. The third kappa shape index (κ3) is 2.55. The summed E-state index contributed by atoms with van der Waals surface area (Å²) in [5.41, 5.74) is 1.62. The Bertz CT molecular complexity index is 936. The molecule has 1 saturated carbocycles. The first-order valence-corrected chi connectivity index (χ1v) is 9.98. The lowest BCUT2D eigenvalue weighted by Crippen LogP contribution is -2.39. The first kappa shape index (κ1) is 16.4. The van der Waals surface area contributed by atoms with Crippen molar-refractivity contribution in [3.8, 4) is 10.4 Å². The van der Waals surface area contributed by atoms with E-state index in [9.17, 15) is 14.4 Å². The van der Waals surface area contributed by atoms with Crippen molar-refractivity contribution in [3.63, 3.8) is 0 Å². The van der Waals surface area contributed by atoms with Crippen LogP contribution in [0.3, 0.4) is 0 Å². The third-order valence-electron chi connectivity index (χ3n) is 5.85. The molecule has 4 unspecified atom stereocenters. The van der Waals surface area contributed by atoms with Crippen LogP contribution in [0, 0.1) is 23.7 Å². The molecule has 1 aliphatic heterocycles. The van der Waals surface area contributed by atoms with Gasteiger partial charge in [-0.15, -0.1) is 11.3 Å². The van der Waals surface area contributed by atoms with E-state index in [0.29, 0.717) is 5.69 Å². The van der Waals surface area contributed by atoms with Crippen molar-refractivity contribution >= 4 is 34.7 Å². The molecule has 2 fully saturated rings. The Morgan fingerprint density at radius 3 is 2.41 bits per heavy atom. The third-order valence-corrected chi connectivity index (χ3v) is 6.75. The van der Waals surface area contributed by atoms with Gasteiger partial charge in [0.1, 0.15) is 6.54 Å². The molecular formula is C21H18N2O3S. The highest BCUT2D eigenvalue weighted by Gasteiger charge is 2.59. The number of allylic oxidation sites excluding steroid dienone is 2. The monoisotopic (exact) mass is 378 g/mol. The Kier molecular flexibility index (Phi) is 3.75. The van der Waals surface area contributed by atoms with Crippen LogP contribution in [0.5, 0.6) is 0 Å². The van der Waals surface area contributed by atoms with Gasteiger partial charge in [0.15, 0.2) is 0 Å². The number of benzene rings is 1. The molecule has 1 N–H and O–H groups in total. The van der Waals surface area contributed by atoms with Crippen LogP contribution in [-0.4, -0.2) is 29.2 Å². The van der Waals surface area contributed by atoms with Gasteiger partial charge in [0, 0.05) is 16.1 Å². The van der Waals surface area contributed by atoms with E-state index in [4.69, 9.17) is 0 Å². The summed E-state index contributed by atoms with van der Waals surface area (Å²) >= 11 is 1.59. The Morgan fingerprint density at radius 2 is 1.74 bits per heavy atom. The number of carbonyl (C=O) groups is 3. The summed E-state index contributed by atoms with van der Waals surface area (Å²) in [5, 5.41) is 4.86. The van der Waals surface area contributed by atoms with Gasteiger partial charge in [0.25, 0.3) is 0 Å². The maximum absolute atomic E-state index is 12.7. The molecule has 3 amide bonds. The fraction of sp³-hybridized carbons (Fsp3) is 0.286. The van der Waals surface area contributed by atoms with Gasteiger partial charge in [0.2, 0.25) is 17.7 Å². The van der Waals surface area contributed by atoms with E-state index in [1.54, 1.807) is 11.3 Å². The zero-order chi connectivity index (χ0) is 18.5. The molecule has 1 saturated heterocycles. The average Bonchev–Trinajstić information content (AvgIpc) is 3.44. The summed E-state index contributed by atoms with van der Waals surface area (Å²) in [6.45, 7) is -0.219. The molecule has 2 aromatic rings. The van der Waals surface area contributed by atoms with Gasteiger partial charge in [-0.05, 0) is 35.8 Å². The second-order valence-electron chi connectivity index (χ2n) is 7.33. The number of anilines is 1. The average molecular weight is 378 g/mol. The van der Waals surface area contributed by atoms with Crippen LogP contribution in [0.2, 0.25) is 0 Å². The van der Waals surface area contributed by atoms with Crippen LogP contribution < -0.4 is 5.32 Å². The molecule has 1 aromatic heterocycles. The van der Waals surface area contributed by atoms with Crippen molar-refractivity contribution < 1.29 is 14.4 Å². The Hall–Kier alpha value is -2.73. The number of carbonyl (C=O) groups excluding carboxylic acids is 3. The Labute approximate surface area is 160 Å². The molecule has 0 spiro atoms. The van der Waals surface area contributed by atoms with E-state index < -0.39 is 0 Å². The molecule has 136 valence electrons. The number of imide groups is 1. The molecule has 2 heterocycles. The fourth-order valence-corrected chi connectivity index (χ4v) is 5.46. The predicted octanol–water partition coefficient (Wildman–Crippen LogP) is 3.16. The van der Waals surface area contributed by atoms with Crippen LogP contribution >= 0.6 is 11.3 Å². The number of fused-ring (bicyclic) bond motifs is 5. The number of hydrogen-bond donors (Lipinski definition) is 1. The second-order valence-corrected chi connectivity index (χ2v) is 8.28. The van der Waals surface area contributed by atoms with Crippen molar-refractivity contribution in [2.24, 2.45) is 23.7 Å².